The number of hydrogen-bond acceptors (Lipinski definition) is 5. The summed E-state index contributed by atoms with van der Waals surface area (Å²) in [5.41, 5.74) is 1.70. The van der Waals surface area contributed by atoms with E-state index in [0.717, 1.165) is 5.69 Å². The van der Waals surface area contributed by atoms with E-state index in [1.807, 2.05) is 0 Å². The van der Waals surface area contributed by atoms with Crippen LogP contribution in [0.3, 0.4) is 0 Å². The third-order valence-electron chi connectivity index (χ3n) is 3.10. The summed E-state index contributed by atoms with van der Waals surface area (Å²) in [6.07, 6.45) is -4.67. The fourth-order valence-corrected chi connectivity index (χ4v) is 1.96. The van der Waals surface area contributed by atoms with Gasteiger partial charge in [-0.2, -0.15) is 18.2 Å². The Hall–Kier alpha value is -3.03. The van der Waals surface area contributed by atoms with Crippen LogP contribution in [0.5, 0.6) is 5.75 Å². The molecule has 1 radical (unpaired) electrons. The van der Waals surface area contributed by atoms with Crippen LogP contribution in [0.4, 0.5) is 24.5 Å². The van der Waals surface area contributed by atoms with Gasteiger partial charge in [0.1, 0.15) is 5.75 Å². The van der Waals surface area contributed by atoms with Crippen LogP contribution in [0.25, 0.3) is 11.4 Å². The van der Waals surface area contributed by atoms with Crippen molar-refractivity contribution in [2.45, 2.75) is 6.18 Å². The summed E-state index contributed by atoms with van der Waals surface area (Å²) in [5, 5.41) is 6.44. The molecule has 0 atom stereocenters. The van der Waals surface area contributed by atoms with E-state index < -0.39 is 12.1 Å². The van der Waals surface area contributed by atoms with Crippen LogP contribution in [0.1, 0.15) is 5.89 Å². The molecule has 0 saturated heterocycles. The molecule has 0 unspecified atom stereocenters. The second-order valence-electron chi connectivity index (χ2n) is 4.77. The summed E-state index contributed by atoms with van der Waals surface area (Å²) in [5.74, 6) is -0.811. The summed E-state index contributed by atoms with van der Waals surface area (Å²) in [4.78, 5) is 3.36. The molecule has 3 aromatic rings. The summed E-state index contributed by atoms with van der Waals surface area (Å²) >= 11 is 0. The molecule has 0 saturated carbocycles. The zero-order valence-corrected chi connectivity index (χ0v) is 12.4. The van der Waals surface area contributed by atoms with Gasteiger partial charge >= 0.3 is 12.1 Å². The number of hydrogen-bond donors (Lipinski definition) is 1. The Morgan fingerprint density at radius 2 is 1.92 bits per heavy atom. The second-order valence-corrected chi connectivity index (χ2v) is 4.77. The SMILES string of the molecule is COc1ccc(Nc2[c]ccc(-c3noc(C(F)(F)F)n3)c2)cc1. The average molecular weight is 334 g/mol. The van der Waals surface area contributed by atoms with Gasteiger partial charge in [0.05, 0.1) is 7.11 Å². The zero-order valence-electron chi connectivity index (χ0n) is 12.4. The second kappa shape index (κ2) is 6.23. The minimum absolute atomic E-state index is 0.144. The normalized spacial score (nSPS) is 11.3. The van der Waals surface area contributed by atoms with Gasteiger partial charge in [-0.25, -0.2) is 0 Å². The van der Waals surface area contributed by atoms with Crippen molar-refractivity contribution in [3.63, 3.8) is 0 Å². The van der Waals surface area contributed by atoms with E-state index in [4.69, 9.17) is 4.74 Å². The van der Waals surface area contributed by atoms with Crippen molar-refractivity contribution in [1.82, 2.24) is 10.1 Å². The fourth-order valence-electron chi connectivity index (χ4n) is 1.96. The van der Waals surface area contributed by atoms with Gasteiger partial charge in [0.15, 0.2) is 0 Å². The lowest BCUT2D eigenvalue weighted by Gasteiger charge is -2.07. The van der Waals surface area contributed by atoms with E-state index >= 15 is 0 Å². The maximum absolute atomic E-state index is 12.5. The third kappa shape index (κ3) is 3.48. The van der Waals surface area contributed by atoms with E-state index in [1.165, 1.54) is 0 Å². The molecule has 1 aromatic heterocycles. The molecule has 5 nitrogen and oxygen atoms in total. The smallest absolute Gasteiger partial charge is 0.471 e. The van der Waals surface area contributed by atoms with Crippen LogP contribution in [0, 0.1) is 6.07 Å². The molecule has 2 aromatic carbocycles. The highest BCUT2D eigenvalue weighted by Crippen LogP contribution is 2.30. The number of alkyl halides is 3. The zero-order chi connectivity index (χ0) is 17.2. The molecule has 3 rings (SSSR count). The number of halogens is 3. The Morgan fingerprint density at radius 3 is 2.54 bits per heavy atom. The maximum Gasteiger partial charge on any atom is 0.471 e. The summed E-state index contributed by atoms with van der Waals surface area (Å²) < 4.78 is 46.9. The lowest BCUT2D eigenvalue weighted by Crippen LogP contribution is -2.04. The number of nitrogens with zero attached hydrogens (tertiary/aromatic N) is 2. The van der Waals surface area contributed by atoms with Crippen LogP contribution in [0.15, 0.2) is 47.0 Å². The first-order chi connectivity index (χ1) is 11.5. The van der Waals surface area contributed by atoms with Crippen LogP contribution in [-0.2, 0) is 6.18 Å². The van der Waals surface area contributed by atoms with Crippen LogP contribution >= 0.6 is 0 Å². The molecule has 0 aliphatic heterocycles. The van der Waals surface area contributed by atoms with Gasteiger partial charge in [0.25, 0.3) is 0 Å². The Bertz CT molecular complexity index is 829. The van der Waals surface area contributed by atoms with Crippen molar-refractivity contribution in [3.05, 3.63) is 54.4 Å². The maximum atomic E-state index is 12.5. The van der Waals surface area contributed by atoms with Crippen molar-refractivity contribution >= 4 is 11.4 Å². The fraction of sp³-hybridized carbons (Fsp3) is 0.125. The number of methoxy groups -OCH3 is 1. The van der Waals surface area contributed by atoms with Gasteiger partial charge in [-0.3, -0.25) is 0 Å². The summed E-state index contributed by atoms with van der Waals surface area (Å²) in [6.45, 7) is 0. The quantitative estimate of drug-likeness (QED) is 0.770. The lowest BCUT2D eigenvalue weighted by atomic mass is 10.2. The molecule has 1 N–H and O–H groups in total. The van der Waals surface area contributed by atoms with E-state index in [1.54, 1.807) is 49.6 Å². The van der Waals surface area contributed by atoms with E-state index in [0.29, 0.717) is 17.0 Å². The predicted octanol–water partition coefficient (Wildman–Crippen LogP) is 4.31. The van der Waals surface area contributed by atoms with Crippen molar-refractivity contribution in [3.8, 4) is 17.1 Å². The lowest BCUT2D eigenvalue weighted by molar-refractivity contribution is -0.159. The van der Waals surface area contributed by atoms with Crippen molar-refractivity contribution < 1.29 is 22.4 Å². The Kier molecular flexibility index (Phi) is 4.11. The summed E-state index contributed by atoms with van der Waals surface area (Å²) in [6, 6.07) is 14.8. The Labute approximate surface area is 135 Å². The van der Waals surface area contributed by atoms with E-state index in [-0.39, 0.29) is 5.82 Å². The molecule has 123 valence electrons. The molecule has 24 heavy (non-hydrogen) atoms. The molecule has 0 spiro atoms. The largest absolute Gasteiger partial charge is 0.497 e. The molecular formula is C16H11F3N3O2. The van der Waals surface area contributed by atoms with Crippen LogP contribution < -0.4 is 10.1 Å². The number of rotatable bonds is 4. The number of aromatic nitrogens is 2. The number of nitrogens with one attached hydrogen (secondary N) is 1. The highest BCUT2D eigenvalue weighted by atomic mass is 19.4. The molecule has 1 heterocycles. The number of benzene rings is 2. The third-order valence-corrected chi connectivity index (χ3v) is 3.10. The number of anilines is 2. The topological polar surface area (TPSA) is 60.2 Å². The Morgan fingerprint density at radius 1 is 1.17 bits per heavy atom. The molecule has 8 heteroatoms. The first-order valence-corrected chi connectivity index (χ1v) is 6.80. The number of ether oxygens (including phenoxy) is 1. The highest BCUT2D eigenvalue weighted by Gasteiger charge is 2.38. The molecule has 0 aliphatic carbocycles. The van der Waals surface area contributed by atoms with Crippen molar-refractivity contribution in [1.29, 1.82) is 0 Å². The summed E-state index contributed by atoms with van der Waals surface area (Å²) in [7, 11) is 1.57. The predicted molar refractivity (Wildman–Crippen MR) is 79.8 cm³/mol. The molecular weight excluding hydrogens is 323 g/mol. The van der Waals surface area contributed by atoms with Gasteiger partial charge in [-0.1, -0.05) is 17.3 Å². The van der Waals surface area contributed by atoms with Gasteiger partial charge in [0.2, 0.25) is 5.82 Å². The van der Waals surface area contributed by atoms with Gasteiger partial charge in [-0.15, -0.1) is 0 Å². The van der Waals surface area contributed by atoms with Gasteiger partial charge in [0, 0.05) is 23.0 Å². The Balaban J connectivity index is 1.82. The van der Waals surface area contributed by atoms with Crippen LogP contribution in [-0.4, -0.2) is 17.3 Å². The van der Waals surface area contributed by atoms with Crippen molar-refractivity contribution in [2.75, 3.05) is 12.4 Å². The first-order valence-electron chi connectivity index (χ1n) is 6.80. The molecule has 0 fully saturated rings. The van der Waals surface area contributed by atoms with Gasteiger partial charge in [-0.05, 0) is 30.3 Å². The first kappa shape index (κ1) is 15.9. The van der Waals surface area contributed by atoms with Crippen LogP contribution in [0.2, 0.25) is 0 Å². The minimum atomic E-state index is -4.67. The highest BCUT2D eigenvalue weighted by molar-refractivity contribution is 5.66. The van der Waals surface area contributed by atoms with Gasteiger partial charge < -0.3 is 14.6 Å². The monoisotopic (exact) mass is 334 g/mol. The molecule has 0 aliphatic rings. The molecule has 0 bridgehead atoms. The molecule has 0 amide bonds. The average Bonchev–Trinajstić information content (AvgIpc) is 3.06. The van der Waals surface area contributed by atoms with E-state index in [2.05, 4.69) is 26.0 Å². The van der Waals surface area contributed by atoms with Crippen molar-refractivity contribution in [2.24, 2.45) is 0 Å². The standard InChI is InChI=1S/C16H11F3N3O2/c1-23-13-7-5-11(6-8-13)20-12-4-2-3-10(9-12)14-21-15(24-22-14)16(17,18)19/h2-3,5-9,20H,1H3. The van der Waals surface area contributed by atoms with E-state index in [9.17, 15) is 13.2 Å². The minimum Gasteiger partial charge on any atom is -0.497 e.